The zero-order valence-electron chi connectivity index (χ0n) is 11.0. The first-order valence-electron chi connectivity index (χ1n) is 6.42. The second-order valence-corrected chi connectivity index (χ2v) is 4.31. The highest BCUT2D eigenvalue weighted by molar-refractivity contribution is 5.34. The standard InChI is InChI=1S/C15H17F2NO/c1-3-14-11(7-8-19-14)15(18-4-2)12-9-10(16)5-6-13(12)17/h5-9,15,18H,3-4H2,1-2H3. The Balaban J connectivity index is 2.48. The molecule has 2 aromatic rings. The van der Waals surface area contributed by atoms with Gasteiger partial charge < -0.3 is 9.73 Å². The Morgan fingerprint density at radius 2 is 1.95 bits per heavy atom. The van der Waals surface area contributed by atoms with Gasteiger partial charge in [0.05, 0.1) is 12.3 Å². The summed E-state index contributed by atoms with van der Waals surface area (Å²) in [6, 6.07) is 4.92. The van der Waals surface area contributed by atoms with Crippen molar-refractivity contribution in [2.24, 2.45) is 0 Å². The Hall–Kier alpha value is -1.68. The lowest BCUT2D eigenvalue weighted by Gasteiger charge is -2.19. The fourth-order valence-electron chi connectivity index (χ4n) is 2.22. The van der Waals surface area contributed by atoms with Gasteiger partial charge in [0.25, 0.3) is 0 Å². The van der Waals surface area contributed by atoms with Crippen LogP contribution in [0.4, 0.5) is 8.78 Å². The van der Waals surface area contributed by atoms with Crippen molar-refractivity contribution in [3.05, 3.63) is 59.1 Å². The molecule has 0 spiro atoms. The van der Waals surface area contributed by atoms with Crippen molar-refractivity contribution in [1.82, 2.24) is 5.32 Å². The highest BCUT2D eigenvalue weighted by Crippen LogP contribution is 2.28. The molecule has 0 radical (unpaired) electrons. The van der Waals surface area contributed by atoms with Crippen LogP contribution in [-0.4, -0.2) is 6.54 Å². The maximum atomic E-state index is 13.9. The number of aryl methyl sites for hydroxylation is 1. The number of hydrogen-bond acceptors (Lipinski definition) is 2. The molecule has 0 saturated carbocycles. The van der Waals surface area contributed by atoms with Gasteiger partial charge in [-0.1, -0.05) is 13.8 Å². The molecule has 1 atom stereocenters. The van der Waals surface area contributed by atoms with Crippen LogP contribution < -0.4 is 5.32 Å². The Morgan fingerprint density at radius 1 is 1.16 bits per heavy atom. The fraction of sp³-hybridized carbons (Fsp3) is 0.333. The summed E-state index contributed by atoms with van der Waals surface area (Å²) >= 11 is 0. The average Bonchev–Trinajstić information content (AvgIpc) is 2.87. The molecule has 4 heteroatoms. The van der Waals surface area contributed by atoms with Gasteiger partial charge in [-0.25, -0.2) is 8.78 Å². The first-order chi connectivity index (χ1) is 9.17. The summed E-state index contributed by atoms with van der Waals surface area (Å²) in [5, 5.41) is 3.18. The molecule has 0 aliphatic heterocycles. The lowest BCUT2D eigenvalue weighted by molar-refractivity contribution is 0.495. The molecule has 1 unspecified atom stereocenters. The van der Waals surface area contributed by atoms with Crippen LogP contribution in [0.1, 0.15) is 36.8 Å². The Morgan fingerprint density at radius 3 is 2.63 bits per heavy atom. The molecule has 1 aromatic heterocycles. The van der Waals surface area contributed by atoms with Crippen molar-refractivity contribution in [2.75, 3.05) is 6.54 Å². The minimum Gasteiger partial charge on any atom is -0.469 e. The monoisotopic (exact) mass is 265 g/mol. The molecule has 19 heavy (non-hydrogen) atoms. The number of halogens is 2. The molecular weight excluding hydrogens is 248 g/mol. The minimum atomic E-state index is -0.444. The maximum Gasteiger partial charge on any atom is 0.128 e. The number of hydrogen-bond donors (Lipinski definition) is 1. The van der Waals surface area contributed by atoms with Gasteiger partial charge in [-0.3, -0.25) is 0 Å². The van der Waals surface area contributed by atoms with Gasteiger partial charge in [-0.2, -0.15) is 0 Å². The van der Waals surface area contributed by atoms with Crippen molar-refractivity contribution in [1.29, 1.82) is 0 Å². The third kappa shape index (κ3) is 2.84. The number of nitrogens with one attached hydrogen (secondary N) is 1. The predicted octanol–water partition coefficient (Wildman–Crippen LogP) is 3.82. The molecule has 0 saturated heterocycles. The summed E-state index contributed by atoms with van der Waals surface area (Å²) in [5.74, 6) is -0.0777. The first-order valence-corrected chi connectivity index (χ1v) is 6.42. The van der Waals surface area contributed by atoms with Crippen LogP contribution in [0.3, 0.4) is 0 Å². The molecule has 1 N–H and O–H groups in total. The Labute approximate surface area is 111 Å². The van der Waals surface area contributed by atoms with Crippen LogP contribution >= 0.6 is 0 Å². The van der Waals surface area contributed by atoms with E-state index in [4.69, 9.17) is 4.42 Å². The van der Waals surface area contributed by atoms with Gasteiger partial charge in [-0.15, -0.1) is 0 Å². The quantitative estimate of drug-likeness (QED) is 0.889. The van der Waals surface area contributed by atoms with Crippen molar-refractivity contribution < 1.29 is 13.2 Å². The first kappa shape index (κ1) is 13.7. The topological polar surface area (TPSA) is 25.2 Å². The van der Waals surface area contributed by atoms with E-state index < -0.39 is 17.7 Å². The molecule has 0 aliphatic carbocycles. The molecular formula is C15H17F2NO. The summed E-state index contributed by atoms with van der Waals surface area (Å²) in [7, 11) is 0. The molecule has 2 rings (SSSR count). The fourth-order valence-corrected chi connectivity index (χ4v) is 2.22. The van der Waals surface area contributed by atoms with Crippen molar-refractivity contribution in [2.45, 2.75) is 26.3 Å². The largest absolute Gasteiger partial charge is 0.469 e. The number of benzene rings is 1. The Bertz CT molecular complexity index is 551. The van der Waals surface area contributed by atoms with E-state index in [0.717, 1.165) is 23.5 Å². The smallest absolute Gasteiger partial charge is 0.128 e. The highest BCUT2D eigenvalue weighted by Gasteiger charge is 2.21. The summed E-state index contributed by atoms with van der Waals surface area (Å²) in [4.78, 5) is 0. The molecule has 0 bridgehead atoms. The van der Waals surface area contributed by atoms with E-state index in [-0.39, 0.29) is 0 Å². The lowest BCUT2D eigenvalue weighted by Crippen LogP contribution is -2.23. The number of rotatable bonds is 5. The lowest BCUT2D eigenvalue weighted by atomic mass is 9.97. The molecule has 102 valence electrons. The van der Waals surface area contributed by atoms with Gasteiger partial charge in [0.2, 0.25) is 0 Å². The third-order valence-electron chi connectivity index (χ3n) is 3.09. The molecule has 1 aromatic carbocycles. The van der Waals surface area contributed by atoms with Crippen LogP contribution in [0.25, 0.3) is 0 Å². The van der Waals surface area contributed by atoms with Crippen LogP contribution in [0, 0.1) is 11.6 Å². The van der Waals surface area contributed by atoms with E-state index in [9.17, 15) is 8.78 Å². The van der Waals surface area contributed by atoms with Gasteiger partial charge in [0.1, 0.15) is 17.4 Å². The van der Waals surface area contributed by atoms with Crippen molar-refractivity contribution >= 4 is 0 Å². The second-order valence-electron chi connectivity index (χ2n) is 4.31. The molecule has 0 aliphatic rings. The molecule has 0 amide bonds. The van der Waals surface area contributed by atoms with Gasteiger partial charge in [0.15, 0.2) is 0 Å². The summed E-state index contributed by atoms with van der Waals surface area (Å²) < 4.78 is 32.7. The molecule has 0 fully saturated rings. The molecule has 2 nitrogen and oxygen atoms in total. The normalized spacial score (nSPS) is 12.6. The zero-order valence-corrected chi connectivity index (χ0v) is 11.0. The van der Waals surface area contributed by atoms with Crippen LogP contribution in [0.15, 0.2) is 34.9 Å². The van der Waals surface area contributed by atoms with Crippen molar-refractivity contribution in [3.8, 4) is 0 Å². The maximum absolute atomic E-state index is 13.9. The van der Waals surface area contributed by atoms with E-state index in [1.807, 2.05) is 13.8 Å². The summed E-state index contributed by atoms with van der Waals surface area (Å²) in [6.45, 7) is 4.54. The highest BCUT2D eigenvalue weighted by atomic mass is 19.1. The molecule has 1 heterocycles. The van der Waals surface area contributed by atoms with Crippen molar-refractivity contribution in [3.63, 3.8) is 0 Å². The van der Waals surface area contributed by atoms with E-state index >= 15 is 0 Å². The van der Waals surface area contributed by atoms with E-state index in [2.05, 4.69) is 5.32 Å². The minimum absolute atomic E-state index is 0.304. The van der Waals surface area contributed by atoms with Crippen LogP contribution in [-0.2, 0) is 6.42 Å². The van der Waals surface area contributed by atoms with E-state index in [0.29, 0.717) is 18.5 Å². The number of furan rings is 1. The van der Waals surface area contributed by atoms with Gasteiger partial charge >= 0.3 is 0 Å². The predicted molar refractivity (Wildman–Crippen MR) is 70.0 cm³/mol. The summed E-state index contributed by atoms with van der Waals surface area (Å²) in [5.41, 5.74) is 1.16. The average molecular weight is 265 g/mol. The second kappa shape index (κ2) is 5.97. The third-order valence-corrected chi connectivity index (χ3v) is 3.09. The van der Waals surface area contributed by atoms with Crippen LogP contribution in [0.5, 0.6) is 0 Å². The zero-order chi connectivity index (χ0) is 13.8. The SMILES string of the molecule is CCNC(c1cc(F)ccc1F)c1ccoc1CC. The Kier molecular flexibility index (Phi) is 4.32. The van der Waals surface area contributed by atoms with Gasteiger partial charge in [0, 0.05) is 17.5 Å². The van der Waals surface area contributed by atoms with Crippen LogP contribution in [0.2, 0.25) is 0 Å². The summed E-state index contributed by atoms with van der Waals surface area (Å²) in [6.07, 6.45) is 2.29. The van der Waals surface area contributed by atoms with E-state index in [1.54, 1.807) is 12.3 Å². The van der Waals surface area contributed by atoms with Gasteiger partial charge in [-0.05, 0) is 30.8 Å². The van der Waals surface area contributed by atoms with E-state index in [1.165, 1.54) is 6.07 Å².